The molecule has 3 nitrogen and oxygen atoms in total. The maximum atomic E-state index is 4.55. The van der Waals surface area contributed by atoms with E-state index in [0.29, 0.717) is 6.04 Å². The van der Waals surface area contributed by atoms with Crippen molar-refractivity contribution in [2.24, 2.45) is 0 Å². The number of nitrogens with one attached hydrogen (secondary N) is 1. The lowest BCUT2D eigenvalue weighted by molar-refractivity contribution is 0.561. The molecule has 0 saturated heterocycles. The molecule has 0 spiro atoms. The molecule has 3 heteroatoms. The van der Waals surface area contributed by atoms with Gasteiger partial charge in [-0.05, 0) is 32.0 Å². The van der Waals surface area contributed by atoms with Gasteiger partial charge in [0.2, 0.25) is 0 Å². The van der Waals surface area contributed by atoms with Crippen molar-refractivity contribution in [2.75, 3.05) is 25.5 Å². The molecule has 1 aromatic rings. The smallest absolute Gasteiger partial charge is 0.0574 e. The molecule has 1 atom stereocenters. The second-order valence-corrected chi connectivity index (χ2v) is 4.47. The third kappa shape index (κ3) is 4.00. The molecule has 1 aromatic heterocycles. The number of hydrogen-bond acceptors (Lipinski definition) is 3. The monoisotopic (exact) mass is 235 g/mol. The lowest BCUT2D eigenvalue weighted by atomic mass is 10.1. The highest BCUT2D eigenvalue weighted by Gasteiger charge is 2.08. The van der Waals surface area contributed by atoms with E-state index in [4.69, 9.17) is 0 Å². The molecule has 0 aliphatic carbocycles. The minimum atomic E-state index is 0.366. The Balaban J connectivity index is 2.66. The average Bonchev–Trinajstić information content (AvgIpc) is 2.38. The van der Waals surface area contributed by atoms with Crippen LogP contribution in [0.3, 0.4) is 0 Å². The Hall–Kier alpha value is -1.09. The topological polar surface area (TPSA) is 28.2 Å². The van der Waals surface area contributed by atoms with Crippen LogP contribution in [0.1, 0.15) is 44.8 Å². The summed E-state index contributed by atoms with van der Waals surface area (Å²) in [5.41, 5.74) is 2.33. The highest BCUT2D eigenvalue weighted by molar-refractivity contribution is 5.43. The number of pyridine rings is 1. The molecule has 0 amide bonds. The molecule has 1 N–H and O–H groups in total. The van der Waals surface area contributed by atoms with Gasteiger partial charge in [-0.2, -0.15) is 0 Å². The zero-order valence-corrected chi connectivity index (χ0v) is 11.5. The van der Waals surface area contributed by atoms with Gasteiger partial charge in [0, 0.05) is 19.6 Å². The van der Waals surface area contributed by atoms with E-state index in [-0.39, 0.29) is 0 Å². The van der Waals surface area contributed by atoms with E-state index in [1.165, 1.54) is 18.5 Å². The van der Waals surface area contributed by atoms with Crippen LogP contribution in [0.15, 0.2) is 18.3 Å². The predicted molar refractivity (Wildman–Crippen MR) is 74.5 cm³/mol. The Labute approximate surface area is 105 Å². The molecule has 96 valence electrons. The Morgan fingerprint density at radius 3 is 2.59 bits per heavy atom. The Morgan fingerprint density at radius 1 is 1.35 bits per heavy atom. The lowest BCUT2D eigenvalue weighted by Crippen LogP contribution is -2.20. The van der Waals surface area contributed by atoms with Crippen LogP contribution in [-0.2, 0) is 0 Å². The minimum absolute atomic E-state index is 0.366. The van der Waals surface area contributed by atoms with E-state index >= 15 is 0 Å². The minimum Gasteiger partial charge on any atom is -0.373 e. The molecular formula is C14H25N3. The molecule has 17 heavy (non-hydrogen) atoms. The summed E-state index contributed by atoms with van der Waals surface area (Å²) in [6.45, 7) is 5.48. The fraction of sp³-hybridized carbons (Fsp3) is 0.643. The van der Waals surface area contributed by atoms with Crippen LogP contribution in [0, 0.1) is 0 Å². The highest BCUT2D eigenvalue weighted by Crippen LogP contribution is 2.17. The van der Waals surface area contributed by atoms with Crippen molar-refractivity contribution >= 4 is 5.69 Å². The third-order valence-corrected chi connectivity index (χ3v) is 3.17. The van der Waals surface area contributed by atoms with E-state index < -0.39 is 0 Å². The van der Waals surface area contributed by atoms with E-state index in [9.17, 15) is 0 Å². The molecule has 0 radical (unpaired) electrons. The summed E-state index contributed by atoms with van der Waals surface area (Å²) in [7, 11) is 4.11. The van der Waals surface area contributed by atoms with E-state index in [2.05, 4.69) is 48.2 Å². The van der Waals surface area contributed by atoms with Gasteiger partial charge in [0.1, 0.15) is 0 Å². The summed E-state index contributed by atoms with van der Waals surface area (Å²) in [5.74, 6) is 0. The van der Waals surface area contributed by atoms with Crippen molar-refractivity contribution in [1.82, 2.24) is 10.3 Å². The summed E-state index contributed by atoms with van der Waals surface area (Å²) < 4.78 is 0. The molecule has 1 unspecified atom stereocenters. The number of anilines is 1. The molecule has 0 aromatic carbocycles. The van der Waals surface area contributed by atoms with Crippen LogP contribution >= 0.6 is 0 Å². The van der Waals surface area contributed by atoms with E-state index in [0.717, 1.165) is 18.7 Å². The van der Waals surface area contributed by atoms with Crippen molar-refractivity contribution in [1.29, 1.82) is 0 Å². The number of unbranched alkanes of at least 4 members (excludes halogenated alkanes) is 1. The summed E-state index contributed by atoms with van der Waals surface area (Å²) >= 11 is 0. The normalized spacial score (nSPS) is 12.5. The Morgan fingerprint density at radius 2 is 2.12 bits per heavy atom. The van der Waals surface area contributed by atoms with Gasteiger partial charge in [0.15, 0.2) is 0 Å². The predicted octanol–water partition coefficient (Wildman–Crippen LogP) is 2.99. The molecule has 1 rings (SSSR count). The van der Waals surface area contributed by atoms with Crippen molar-refractivity contribution < 1.29 is 0 Å². The van der Waals surface area contributed by atoms with Gasteiger partial charge in [-0.15, -0.1) is 0 Å². The number of rotatable bonds is 7. The van der Waals surface area contributed by atoms with Crippen LogP contribution in [0.5, 0.6) is 0 Å². The molecule has 0 aliphatic rings. The summed E-state index contributed by atoms with van der Waals surface area (Å²) in [4.78, 5) is 6.81. The zero-order chi connectivity index (χ0) is 12.7. The van der Waals surface area contributed by atoms with Crippen LogP contribution < -0.4 is 10.2 Å². The average molecular weight is 235 g/mol. The van der Waals surface area contributed by atoms with Crippen LogP contribution in [-0.4, -0.2) is 25.6 Å². The van der Waals surface area contributed by atoms with Gasteiger partial charge in [-0.3, -0.25) is 4.98 Å². The van der Waals surface area contributed by atoms with Crippen molar-refractivity contribution in [3.63, 3.8) is 0 Å². The molecule has 0 bridgehead atoms. The first-order valence-corrected chi connectivity index (χ1v) is 6.57. The van der Waals surface area contributed by atoms with Gasteiger partial charge >= 0.3 is 0 Å². The van der Waals surface area contributed by atoms with E-state index in [1.807, 2.05) is 13.2 Å². The first-order valence-electron chi connectivity index (χ1n) is 6.57. The molecule has 1 heterocycles. The molecule has 0 fully saturated rings. The van der Waals surface area contributed by atoms with E-state index in [1.54, 1.807) is 0 Å². The molecule has 0 saturated carbocycles. The standard InChI is InChI=1S/C14H25N3/c1-5-7-10-17(4)12-8-9-14(16-11-12)13(6-2)15-3/h8-9,11,13,15H,5-7,10H2,1-4H3. The Bertz CT molecular complexity index is 304. The molecule has 0 aliphatic heterocycles. The van der Waals surface area contributed by atoms with Gasteiger partial charge < -0.3 is 10.2 Å². The fourth-order valence-electron chi connectivity index (χ4n) is 1.91. The highest BCUT2D eigenvalue weighted by atomic mass is 15.1. The maximum absolute atomic E-state index is 4.55. The van der Waals surface area contributed by atoms with Gasteiger partial charge in [-0.1, -0.05) is 20.3 Å². The van der Waals surface area contributed by atoms with Crippen molar-refractivity contribution in [3.8, 4) is 0 Å². The van der Waals surface area contributed by atoms with Crippen LogP contribution in [0.4, 0.5) is 5.69 Å². The molecular weight excluding hydrogens is 210 g/mol. The van der Waals surface area contributed by atoms with Crippen LogP contribution in [0.2, 0.25) is 0 Å². The lowest BCUT2D eigenvalue weighted by Gasteiger charge is -2.20. The fourth-order valence-corrected chi connectivity index (χ4v) is 1.91. The third-order valence-electron chi connectivity index (χ3n) is 3.17. The first-order chi connectivity index (χ1) is 8.22. The number of hydrogen-bond donors (Lipinski definition) is 1. The van der Waals surface area contributed by atoms with Gasteiger partial charge in [0.25, 0.3) is 0 Å². The zero-order valence-electron chi connectivity index (χ0n) is 11.5. The van der Waals surface area contributed by atoms with Crippen molar-refractivity contribution in [2.45, 2.75) is 39.2 Å². The summed E-state index contributed by atoms with van der Waals surface area (Å²) in [6.07, 6.45) is 5.50. The van der Waals surface area contributed by atoms with Gasteiger partial charge in [-0.25, -0.2) is 0 Å². The quantitative estimate of drug-likeness (QED) is 0.787. The maximum Gasteiger partial charge on any atom is 0.0574 e. The Kier molecular flexibility index (Phi) is 5.98. The van der Waals surface area contributed by atoms with Gasteiger partial charge in [0.05, 0.1) is 17.6 Å². The number of nitrogens with zero attached hydrogens (tertiary/aromatic N) is 2. The first kappa shape index (κ1) is 14.0. The second kappa shape index (κ2) is 7.28. The van der Waals surface area contributed by atoms with Crippen molar-refractivity contribution in [3.05, 3.63) is 24.0 Å². The largest absolute Gasteiger partial charge is 0.373 e. The summed E-state index contributed by atoms with van der Waals surface area (Å²) in [5, 5.41) is 3.27. The summed E-state index contributed by atoms with van der Waals surface area (Å²) in [6, 6.07) is 4.66. The SMILES string of the molecule is CCCCN(C)c1ccc(C(CC)NC)nc1. The second-order valence-electron chi connectivity index (χ2n) is 4.47. The van der Waals surface area contributed by atoms with Crippen LogP contribution in [0.25, 0.3) is 0 Å². The number of aromatic nitrogens is 1.